The number of fused-ring (bicyclic) bond motifs is 1. The molecule has 2 aromatic carbocycles. The third kappa shape index (κ3) is 2.43. The molecule has 0 aliphatic heterocycles. The van der Waals surface area contributed by atoms with E-state index in [9.17, 15) is 13.6 Å². The molecule has 6 heteroatoms. The third-order valence-corrected chi connectivity index (χ3v) is 3.39. The Kier molecular flexibility index (Phi) is 3.36. The molecule has 3 aromatic rings. The smallest absolute Gasteiger partial charge is 0.323 e. The van der Waals surface area contributed by atoms with Crippen LogP contribution < -0.4 is 0 Å². The molecule has 0 aliphatic rings. The number of carbonyl (C=O) groups is 1. The Bertz CT molecular complexity index is 870. The Hall–Kier alpha value is -2.76. The topological polar surface area (TPSA) is 55.1 Å². The van der Waals surface area contributed by atoms with E-state index in [0.717, 1.165) is 17.7 Å². The summed E-state index contributed by atoms with van der Waals surface area (Å²) in [5, 5.41) is 9.07. The SMILES string of the molecule is Cc1ccc(-c2nc3cc(F)c(F)cc3n2CC(=O)O)cc1. The molecular weight excluding hydrogens is 290 g/mol. The summed E-state index contributed by atoms with van der Waals surface area (Å²) in [5.74, 6) is -2.77. The molecule has 22 heavy (non-hydrogen) atoms. The van der Waals surface area contributed by atoms with Gasteiger partial charge in [0.15, 0.2) is 11.6 Å². The molecule has 4 nitrogen and oxygen atoms in total. The first-order valence-corrected chi connectivity index (χ1v) is 6.60. The van der Waals surface area contributed by atoms with Gasteiger partial charge in [0, 0.05) is 17.7 Å². The van der Waals surface area contributed by atoms with Gasteiger partial charge in [-0.05, 0) is 6.92 Å². The van der Waals surface area contributed by atoms with Gasteiger partial charge in [0.2, 0.25) is 0 Å². The Morgan fingerprint density at radius 2 is 1.82 bits per heavy atom. The fraction of sp³-hybridized carbons (Fsp3) is 0.125. The molecule has 112 valence electrons. The Labute approximate surface area is 124 Å². The highest BCUT2D eigenvalue weighted by molar-refractivity contribution is 5.83. The number of aryl methyl sites for hydroxylation is 1. The number of benzene rings is 2. The lowest BCUT2D eigenvalue weighted by molar-refractivity contribution is -0.137. The number of rotatable bonds is 3. The Morgan fingerprint density at radius 3 is 2.45 bits per heavy atom. The van der Waals surface area contributed by atoms with Crippen LogP contribution in [0.25, 0.3) is 22.4 Å². The normalized spacial score (nSPS) is 11.0. The minimum absolute atomic E-state index is 0.218. The van der Waals surface area contributed by atoms with Crippen molar-refractivity contribution in [2.75, 3.05) is 0 Å². The van der Waals surface area contributed by atoms with Crippen molar-refractivity contribution in [1.82, 2.24) is 9.55 Å². The molecule has 0 unspecified atom stereocenters. The molecule has 0 radical (unpaired) electrons. The van der Waals surface area contributed by atoms with Gasteiger partial charge in [-0.25, -0.2) is 13.8 Å². The highest BCUT2D eigenvalue weighted by Gasteiger charge is 2.17. The van der Waals surface area contributed by atoms with Crippen molar-refractivity contribution in [3.63, 3.8) is 0 Å². The average Bonchev–Trinajstić information content (AvgIpc) is 2.78. The third-order valence-electron chi connectivity index (χ3n) is 3.39. The van der Waals surface area contributed by atoms with Crippen LogP contribution in [0.5, 0.6) is 0 Å². The van der Waals surface area contributed by atoms with Crippen LogP contribution >= 0.6 is 0 Å². The predicted molar refractivity (Wildman–Crippen MR) is 77.5 cm³/mol. The van der Waals surface area contributed by atoms with Crippen LogP contribution in [0.2, 0.25) is 0 Å². The molecule has 0 saturated carbocycles. The number of nitrogens with zero attached hydrogens (tertiary/aromatic N) is 2. The first kappa shape index (κ1) is 14.2. The number of carboxylic acids is 1. The molecule has 0 fully saturated rings. The summed E-state index contributed by atoms with van der Waals surface area (Å²) in [7, 11) is 0. The molecule has 1 aromatic heterocycles. The van der Waals surface area contributed by atoms with Gasteiger partial charge in [0.25, 0.3) is 0 Å². The van der Waals surface area contributed by atoms with Gasteiger partial charge in [0.05, 0.1) is 11.0 Å². The number of aliphatic carboxylic acids is 1. The van der Waals surface area contributed by atoms with Crippen LogP contribution in [-0.2, 0) is 11.3 Å². The van der Waals surface area contributed by atoms with Gasteiger partial charge in [-0.2, -0.15) is 0 Å². The summed E-state index contributed by atoms with van der Waals surface area (Å²) in [6, 6.07) is 9.25. The molecule has 0 spiro atoms. The zero-order chi connectivity index (χ0) is 15.9. The van der Waals surface area contributed by atoms with Crippen LogP contribution in [0, 0.1) is 18.6 Å². The van der Waals surface area contributed by atoms with Crippen LogP contribution in [-0.4, -0.2) is 20.6 Å². The van der Waals surface area contributed by atoms with E-state index in [-0.39, 0.29) is 17.6 Å². The lowest BCUT2D eigenvalue weighted by Gasteiger charge is -2.07. The molecule has 1 heterocycles. The monoisotopic (exact) mass is 302 g/mol. The number of imidazole rings is 1. The second kappa shape index (κ2) is 5.22. The van der Waals surface area contributed by atoms with E-state index in [2.05, 4.69) is 4.98 Å². The van der Waals surface area contributed by atoms with E-state index in [4.69, 9.17) is 5.11 Å². The highest BCUT2D eigenvalue weighted by atomic mass is 19.2. The van der Waals surface area contributed by atoms with Gasteiger partial charge in [0.1, 0.15) is 12.4 Å². The molecule has 0 amide bonds. The van der Waals surface area contributed by atoms with Crippen molar-refractivity contribution in [2.24, 2.45) is 0 Å². The zero-order valence-corrected chi connectivity index (χ0v) is 11.7. The summed E-state index contributed by atoms with van der Waals surface area (Å²) in [6.07, 6.45) is 0. The standard InChI is InChI=1S/C16H12F2N2O2/c1-9-2-4-10(5-3-9)16-19-13-6-11(17)12(18)7-14(13)20(16)8-15(21)22/h2-7H,8H2,1H3,(H,21,22). The van der Waals surface area contributed by atoms with Crippen molar-refractivity contribution in [3.05, 3.63) is 53.6 Å². The first-order valence-electron chi connectivity index (χ1n) is 6.60. The quantitative estimate of drug-likeness (QED) is 0.807. The predicted octanol–water partition coefficient (Wildman–Crippen LogP) is 3.37. The first-order chi connectivity index (χ1) is 10.5. The maximum Gasteiger partial charge on any atom is 0.323 e. The van der Waals surface area contributed by atoms with Crippen molar-refractivity contribution < 1.29 is 18.7 Å². The van der Waals surface area contributed by atoms with Crippen LogP contribution in [0.15, 0.2) is 36.4 Å². The molecule has 0 atom stereocenters. The Morgan fingerprint density at radius 1 is 1.18 bits per heavy atom. The number of hydrogen-bond acceptors (Lipinski definition) is 2. The zero-order valence-electron chi connectivity index (χ0n) is 11.7. The second-order valence-electron chi connectivity index (χ2n) is 5.04. The molecule has 0 bridgehead atoms. The van der Waals surface area contributed by atoms with Gasteiger partial charge in [-0.15, -0.1) is 0 Å². The number of halogens is 2. The van der Waals surface area contributed by atoms with Gasteiger partial charge in [-0.1, -0.05) is 29.8 Å². The number of aromatic nitrogens is 2. The van der Waals surface area contributed by atoms with E-state index in [0.29, 0.717) is 11.4 Å². The second-order valence-corrected chi connectivity index (χ2v) is 5.04. The van der Waals surface area contributed by atoms with Gasteiger partial charge >= 0.3 is 5.97 Å². The van der Waals surface area contributed by atoms with Crippen molar-refractivity contribution in [3.8, 4) is 11.4 Å². The minimum Gasteiger partial charge on any atom is -0.480 e. The molecule has 1 N–H and O–H groups in total. The molecule has 0 saturated heterocycles. The average molecular weight is 302 g/mol. The summed E-state index contributed by atoms with van der Waals surface area (Å²) >= 11 is 0. The lowest BCUT2D eigenvalue weighted by Crippen LogP contribution is -2.10. The summed E-state index contributed by atoms with van der Waals surface area (Å²) < 4.78 is 28.2. The maximum atomic E-state index is 13.5. The highest BCUT2D eigenvalue weighted by Crippen LogP contribution is 2.26. The summed E-state index contributed by atoms with van der Waals surface area (Å²) in [6.45, 7) is 1.54. The van der Waals surface area contributed by atoms with Crippen molar-refractivity contribution >= 4 is 17.0 Å². The van der Waals surface area contributed by atoms with Gasteiger partial charge < -0.3 is 9.67 Å². The van der Waals surface area contributed by atoms with Crippen LogP contribution in [0.3, 0.4) is 0 Å². The summed E-state index contributed by atoms with van der Waals surface area (Å²) in [5.41, 5.74) is 2.19. The largest absolute Gasteiger partial charge is 0.480 e. The Balaban J connectivity index is 2.28. The van der Waals surface area contributed by atoms with E-state index < -0.39 is 17.6 Å². The minimum atomic E-state index is -1.09. The van der Waals surface area contributed by atoms with E-state index in [1.165, 1.54) is 4.57 Å². The lowest BCUT2D eigenvalue weighted by atomic mass is 10.1. The molecule has 3 rings (SSSR count). The summed E-state index contributed by atoms with van der Waals surface area (Å²) in [4.78, 5) is 15.3. The van der Waals surface area contributed by atoms with Crippen LogP contribution in [0.1, 0.15) is 5.56 Å². The van der Waals surface area contributed by atoms with Gasteiger partial charge in [-0.3, -0.25) is 4.79 Å². The molecular formula is C16H12F2N2O2. The fourth-order valence-corrected chi connectivity index (χ4v) is 2.34. The van der Waals surface area contributed by atoms with E-state index >= 15 is 0 Å². The van der Waals surface area contributed by atoms with Crippen molar-refractivity contribution in [2.45, 2.75) is 13.5 Å². The number of hydrogen-bond donors (Lipinski definition) is 1. The van der Waals surface area contributed by atoms with Crippen molar-refractivity contribution in [1.29, 1.82) is 0 Å². The number of carboxylic acid groups (broad SMARTS) is 1. The van der Waals surface area contributed by atoms with Crippen LogP contribution in [0.4, 0.5) is 8.78 Å². The molecule has 0 aliphatic carbocycles. The maximum absolute atomic E-state index is 13.5. The van der Waals surface area contributed by atoms with E-state index in [1.807, 2.05) is 19.1 Å². The van der Waals surface area contributed by atoms with E-state index in [1.54, 1.807) is 12.1 Å². The fourth-order valence-electron chi connectivity index (χ4n) is 2.34.